The van der Waals surface area contributed by atoms with Gasteiger partial charge in [-0.05, 0) is 11.1 Å². The Kier molecular flexibility index (Phi) is 10.9. The Hall–Kier alpha value is -3.78. The van der Waals surface area contributed by atoms with Crippen molar-refractivity contribution in [1.29, 1.82) is 0 Å². The number of aryl methyl sites for hydroxylation is 2. The molecule has 0 saturated heterocycles. The number of rotatable bonds is 6. The summed E-state index contributed by atoms with van der Waals surface area (Å²) in [6.07, 6.45) is 0. The first-order valence-electron chi connectivity index (χ1n) is 15.8. The zero-order valence-corrected chi connectivity index (χ0v) is 31.9. The van der Waals surface area contributed by atoms with Crippen molar-refractivity contribution < 1.29 is 51.0 Å². The number of fused-ring (bicyclic) bond motifs is 2. The van der Waals surface area contributed by atoms with Gasteiger partial charge in [-0.2, -0.15) is 0 Å². The Morgan fingerprint density at radius 1 is 0.396 bits per heavy atom. The van der Waals surface area contributed by atoms with E-state index in [4.69, 9.17) is 0 Å². The summed E-state index contributed by atoms with van der Waals surface area (Å²) in [5.41, 5.74) is 7.84. The molecule has 4 heteroatoms. The van der Waals surface area contributed by atoms with Crippen molar-refractivity contribution in [3.63, 3.8) is 0 Å². The van der Waals surface area contributed by atoms with Crippen LogP contribution in [0.4, 0.5) is 0 Å². The molecule has 8 aromatic rings. The first-order chi connectivity index (χ1) is 22.2. The molecule has 0 heterocycles. The van der Waals surface area contributed by atoms with Crippen molar-refractivity contribution in [2.75, 3.05) is 0 Å². The summed E-state index contributed by atoms with van der Waals surface area (Å²) < 4.78 is 0. The molecule has 0 nitrogen and oxygen atoms in total. The van der Waals surface area contributed by atoms with Crippen LogP contribution in [0.15, 0.2) is 170 Å². The number of halogens is 2. The van der Waals surface area contributed by atoms with E-state index < -0.39 is 8.07 Å². The fourth-order valence-corrected chi connectivity index (χ4v) is 13.6. The molecule has 232 valence electrons. The maximum absolute atomic E-state index is 2.94. The fourth-order valence-electron chi connectivity index (χ4n) is 7.87. The predicted molar refractivity (Wildman–Crippen MR) is 197 cm³/mol. The van der Waals surface area contributed by atoms with E-state index in [1.165, 1.54) is 75.7 Å². The molecule has 0 saturated carbocycles. The van der Waals surface area contributed by atoms with Crippen molar-refractivity contribution >= 4 is 50.4 Å². The molecule has 0 unspecified atom stereocenters. The molecule has 0 aliphatic heterocycles. The van der Waals surface area contributed by atoms with E-state index in [0.717, 1.165) is 0 Å². The minimum atomic E-state index is -2.94. The summed E-state index contributed by atoms with van der Waals surface area (Å²) in [4.78, 5) is 0. The average Bonchev–Trinajstić information content (AvgIpc) is 3.63. The molecule has 0 aliphatic rings. The van der Waals surface area contributed by atoms with Gasteiger partial charge in [0.1, 0.15) is 0 Å². The molecule has 48 heavy (non-hydrogen) atoms. The van der Waals surface area contributed by atoms with Gasteiger partial charge in [0.05, 0.1) is 8.07 Å². The Labute approximate surface area is 316 Å². The number of hydrogen-bond acceptors (Lipinski definition) is 0. The number of benzene rings is 6. The molecule has 0 aliphatic carbocycles. The van der Waals surface area contributed by atoms with E-state index in [1.54, 1.807) is 0 Å². The van der Waals surface area contributed by atoms with Crippen LogP contribution in [0.3, 0.4) is 0 Å². The summed E-state index contributed by atoms with van der Waals surface area (Å²) in [5.74, 6) is 0. The van der Waals surface area contributed by atoms with E-state index in [2.05, 4.69) is 184 Å². The molecular weight excluding hydrogens is 719 g/mol. The monoisotopic (exact) mass is 750 g/mol. The number of hydrogen-bond donors (Lipinski definition) is 0. The van der Waals surface area contributed by atoms with Crippen molar-refractivity contribution in [2.24, 2.45) is 0 Å². The summed E-state index contributed by atoms with van der Waals surface area (Å²) >= 11 is 0. The van der Waals surface area contributed by atoms with Gasteiger partial charge in [0.25, 0.3) is 0 Å². The maximum Gasteiger partial charge on any atom is 4.00 e. The quantitative estimate of drug-likeness (QED) is 0.181. The van der Waals surface area contributed by atoms with Crippen LogP contribution in [0, 0.1) is 13.8 Å². The predicted octanol–water partition coefficient (Wildman–Crippen LogP) is 2.76. The normalized spacial score (nSPS) is 11.0. The van der Waals surface area contributed by atoms with Crippen molar-refractivity contribution in [3.05, 3.63) is 181 Å². The van der Waals surface area contributed by atoms with Crippen LogP contribution in [0.2, 0.25) is 0 Å². The van der Waals surface area contributed by atoms with Gasteiger partial charge in [0, 0.05) is 0 Å². The summed E-state index contributed by atoms with van der Waals surface area (Å²) in [5, 5.41) is 11.2. The molecule has 0 spiro atoms. The average molecular weight is 753 g/mol. The Bertz CT molecular complexity index is 2110. The van der Waals surface area contributed by atoms with E-state index in [-0.39, 0.29) is 51.0 Å². The first-order valence-corrected chi connectivity index (χ1v) is 17.8. The van der Waals surface area contributed by atoms with Crippen LogP contribution in [0.5, 0.6) is 0 Å². The first kappa shape index (κ1) is 35.5. The van der Waals surface area contributed by atoms with Crippen LogP contribution in [0.1, 0.15) is 11.1 Å². The Balaban J connectivity index is 0.00000150. The zero-order chi connectivity index (χ0) is 30.4. The molecule has 0 radical (unpaired) electrons. The summed E-state index contributed by atoms with van der Waals surface area (Å²) in [6, 6.07) is 63.3. The standard InChI is InChI=1S/C44H34Si.2ClH.Zr/c1-31-29-35-21-15-27-39(33-17-7-3-8-18-33)41(35)43(31)45(37-23-11-5-12-24-37,38-25-13-6-14-26-38)44-32(2)30-36-22-16-28-40(42(36)44)34-19-9-4-10-20-34;;;/h3-30H,1-2H3;2*1H;/q-2;;;+4/p-2. The van der Waals surface area contributed by atoms with E-state index in [9.17, 15) is 0 Å². The molecule has 0 N–H and O–H groups in total. The smallest absolute Gasteiger partial charge is 1.00 e. The molecule has 8 rings (SSSR count). The van der Waals surface area contributed by atoms with E-state index in [1.807, 2.05) is 0 Å². The van der Waals surface area contributed by atoms with Crippen LogP contribution < -0.4 is 45.6 Å². The van der Waals surface area contributed by atoms with Gasteiger partial charge in [-0.1, -0.05) is 169 Å². The van der Waals surface area contributed by atoms with Gasteiger partial charge in [0.15, 0.2) is 0 Å². The SMILES string of the molecule is Cc1[cH-]c2cccc(-c3ccccc3)c2c1[Si](c1ccccc1)(c1ccccc1)c1c(C)[cH-]c2cccc(-c3ccccc3)c12.[Cl-].[Cl-].[Zr+4]. The second-order valence-corrected chi connectivity index (χ2v) is 15.8. The van der Waals surface area contributed by atoms with Crippen LogP contribution >= 0.6 is 0 Å². The molecule has 0 atom stereocenters. The maximum atomic E-state index is 2.43. The third-order valence-electron chi connectivity index (χ3n) is 9.56. The third-order valence-corrected chi connectivity index (χ3v) is 14.7. The Morgan fingerprint density at radius 3 is 1.08 bits per heavy atom. The van der Waals surface area contributed by atoms with Crippen LogP contribution in [-0.2, 0) is 26.2 Å². The van der Waals surface area contributed by atoms with Gasteiger partial charge in [-0.3, -0.25) is 0 Å². The topological polar surface area (TPSA) is 0 Å². The summed E-state index contributed by atoms with van der Waals surface area (Å²) in [6.45, 7) is 4.69. The van der Waals surface area contributed by atoms with Crippen LogP contribution in [0.25, 0.3) is 43.8 Å². The van der Waals surface area contributed by atoms with Crippen molar-refractivity contribution in [3.8, 4) is 22.3 Å². The van der Waals surface area contributed by atoms with Gasteiger partial charge in [-0.15, -0.1) is 79.4 Å². The molecular formula is C44H34Cl2SiZr. The van der Waals surface area contributed by atoms with Crippen LogP contribution in [-0.4, -0.2) is 8.07 Å². The van der Waals surface area contributed by atoms with E-state index >= 15 is 0 Å². The second kappa shape index (κ2) is 14.8. The molecule has 8 aromatic carbocycles. The third kappa shape index (κ3) is 5.70. The minimum Gasteiger partial charge on any atom is -1.00 e. The summed E-state index contributed by atoms with van der Waals surface area (Å²) in [7, 11) is -2.94. The van der Waals surface area contributed by atoms with Crippen molar-refractivity contribution in [2.45, 2.75) is 13.8 Å². The van der Waals surface area contributed by atoms with E-state index in [0.29, 0.717) is 0 Å². The molecule has 0 fully saturated rings. The zero-order valence-electron chi connectivity index (χ0n) is 26.9. The Morgan fingerprint density at radius 2 is 0.729 bits per heavy atom. The molecule has 0 amide bonds. The van der Waals surface area contributed by atoms with Crippen molar-refractivity contribution in [1.82, 2.24) is 0 Å². The molecule has 0 aromatic heterocycles. The molecule has 0 bridgehead atoms. The fraction of sp³-hybridized carbons (Fsp3) is 0.0455. The second-order valence-electron chi connectivity index (χ2n) is 12.2. The largest absolute Gasteiger partial charge is 4.00 e. The minimum absolute atomic E-state index is 0. The van der Waals surface area contributed by atoms with Gasteiger partial charge < -0.3 is 24.8 Å². The van der Waals surface area contributed by atoms with Gasteiger partial charge >= 0.3 is 26.2 Å². The van der Waals surface area contributed by atoms with Gasteiger partial charge in [0.2, 0.25) is 0 Å². The van der Waals surface area contributed by atoms with Gasteiger partial charge in [-0.25, -0.2) is 0 Å².